The Morgan fingerprint density at radius 1 is 1.09 bits per heavy atom. The Kier molecular flexibility index (Phi) is 4.92. The van der Waals surface area contributed by atoms with Crippen LogP contribution in [0.25, 0.3) is 6.08 Å². The predicted molar refractivity (Wildman–Crippen MR) is 94.8 cm³/mol. The Morgan fingerprint density at radius 3 is 2.43 bits per heavy atom. The molecule has 1 aliphatic carbocycles. The third-order valence-electron chi connectivity index (χ3n) is 4.20. The highest BCUT2D eigenvalue weighted by molar-refractivity contribution is 5.91. The topological polar surface area (TPSA) is 20.3 Å². The second-order valence-electron chi connectivity index (χ2n) is 6.39. The first kappa shape index (κ1) is 15.5. The number of carbonyl (C=O) groups is 1. The fourth-order valence-corrected chi connectivity index (χ4v) is 2.60. The van der Waals surface area contributed by atoms with Crippen molar-refractivity contribution in [2.45, 2.75) is 26.3 Å². The molecule has 2 aromatic carbocycles. The zero-order valence-electron chi connectivity index (χ0n) is 13.6. The summed E-state index contributed by atoms with van der Waals surface area (Å²) in [5, 5.41) is 0. The van der Waals surface area contributed by atoms with Crippen LogP contribution in [0.3, 0.4) is 0 Å². The maximum Gasteiger partial charge on any atom is 0.246 e. The quantitative estimate of drug-likeness (QED) is 0.722. The van der Waals surface area contributed by atoms with Gasteiger partial charge in [0.05, 0.1) is 0 Å². The number of benzene rings is 2. The molecule has 3 rings (SSSR count). The van der Waals surface area contributed by atoms with E-state index in [2.05, 4.69) is 31.2 Å². The van der Waals surface area contributed by atoms with Crippen LogP contribution >= 0.6 is 0 Å². The number of hydrogen-bond acceptors (Lipinski definition) is 1. The largest absolute Gasteiger partial charge is 0.335 e. The molecular formula is C21H23NO. The van der Waals surface area contributed by atoms with Gasteiger partial charge in [-0.05, 0) is 42.9 Å². The summed E-state index contributed by atoms with van der Waals surface area (Å²) in [5.74, 6) is 0.789. The van der Waals surface area contributed by atoms with Crippen molar-refractivity contribution in [2.24, 2.45) is 5.92 Å². The van der Waals surface area contributed by atoms with Gasteiger partial charge in [0, 0.05) is 19.2 Å². The Balaban J connectivity index is 1.68. The monoisotopic (exact) mass is 305 g/mol. The van der Waals surface area contributed by atoms with Crippen molar-refractivity contribution in [2.75, 3.05) is 6.54 Å². The molecule has 0 aliphatic heterocycles. The molecule has 0 unspecified atom stereocenters. The van der Waals surface area contributed by atoms with Crippen molar-refractivity contribution in [3.8, 4) is 0 Å². The van der Waals surface area contributed by atoms with E-state index in [4.69, 9.17) is 0 Å². The van der Waals surface area contributed by atoms with Gasteiger partial charge in [-0.2, -0.15) is 0 Å². The zero-order valence-corrected chi connectivity index (χ0v) is 13.6. The van der Waals surface area contributed by atoms with Crippen LogP contribution in [0.2, 0.25) is 0 Å². The number of carbonyl (C=O) groups excluding carboxylic acids is 1. The Bertz CT molecular complexity index is 669. The van der Waals surface area contributed by atoms with Crippen molar-refractivity contribution in [3.63, 3.8) is 0 Å². The molecule has 1 fully saturated rings. The molecule has 1 saturated carbocycles. The van der Waals surface area contributed by atoms with Gasteiger partial charge >= 0.3 is 0 Å². The fourth-order valence-electron chi connectivity index (χ4n) is 2.60. The second kappa shape index (κ2) is 7.28. The van der Waals surface area contributed by atoms with Crippen LogP contribution in [0.15, 0.2) is 60.7 Å². The first-order chi connectivity index (χ1) is 11.2. The molecule has 1 aliphatic rings. The van der Waals surface area contributed by atoms with Crippen LogP contribution in [0.5, 0.6) is 0 Å². The van der Waals surface area contributed by atoms with Crippen LogP contribution in [-0.4, -0.2) is 17.4 Å². The van der Waals surface area contributed by atoms with Gasteiger partial charge < -0.3 is 4.90 Å². The minimum atomic E-state index is 0.0985. The molecule has 2 heteroatoms. The van der Waals surface area contributed by atoms with Crippen LogP contribution in [0.1, 0.15) is 29.5 Å². The van der Waals surface area contributed by atoms with Crippen LogP contribution < -0.4 is 0 Å². The van der Waals surface area contributed by atoms with Crippen LogP contribution in [-0.2, 0) is 11.3 Å². The fraction of sp³-hybridized carbons (Fsp3) is 0.286. The Labute approximate surface area is 138 Å². The summed E-state index contributed by atoms with van der Waals surface area (Å²) >= 11 is 0. The molecule has 23 heavy (non-hydrogen) atoms. The van der Waals surface area contributed by atoms with E-state index in [9.17, 15) is 4.79 Å². The molecular weight excluding hydrogens is 282 g/mol. The van der Waals surface area contributed by atoms with E-state index in [1.807, 2.05) is 41.3 Å². The number of nitrogens with zero attached hydrogens (tertiary/aromatic N) is 1. The normalized spacial score (nSPS) is 14.1. The summed E-state index contributed by atoms with van der Waals surface area (Å²) < 4.78 is 0. The van der Waals surface area contributed by atoms with Gasteiger partial charge in [0.15, 0.2) is 0 Å². The number of hydrogen-bond donors (Lipinski definition) is 0. The smallest absolute Gasteiger partial charge is 0.246 e. The van der Waals surface area contributed by atoms with E-state index in [1.165, 1.54) is 24.0 Å². The average molecular weight is 305 g/mol. The van der Waals surface area contributed by atoms with Gasteiger partial charge in [0.2, 0.25) is 5.91 Å². The van der Waals surface area contributed by atoms with E-state index in [0.29, 0.717) is 12.5 Å². The summed E-state index contributed by atoms with van der Waals surface area (Å²) in [6, 6.07) is 18.4. The highest BCUT2D eigenvalue weighted by atomic mass is 16.2. The van der Waals surface area contributed by atoms with E-state index in [-0.39, 0.29) is 5.91 Å². The summed E-state index contributed by atoms with van der Waals surface area (Å²) in [7, 11) is 0. The molecule has 118 valence electrons. The molecule has 0 N–H and O–H groups in total. The van der Waals surface area contributed by atoms with Crippen LogP contribution in [0.4, 0.5) is 0 Å². The van der Waals surface area contributed by atoms with Gasteiger partial charge in [-0.1, -0.05) is 60.2 Å². The Morgan fingerprint density at radius 2 is 1.78 bits per heavy atom. The van der Waals surface area contributed by atoms with Gasteiger partial charge in [0.25, 0.3) is 0 Å². The maximum atomic E-state index is 12.6. The lowest BCUT2D eigenvalue weighted by Gasteiger charge is -2.21. The summed E-state index contributed by atoms with van der Waals surface area (Å²) in [6.45, 7) is 3.62. The molecule has 0 radical (unpaired) electrons. The predicted octanol–water partition coefficient (Wildman–Crippen LogP) is 4.45. The van der Waals surface area contributed by atoms with Gasteiger partial charge in [0.1, 0.15) is 0 Å². The molecule has 0 spiro atoms. The van der Waals surface area contributed by atoms with E-state index in [1.54, 1.807) is 6.08 Å². The lowest BCUT2D eigenvalue weighted by atomic mass is 10.1. The lowest BCUT2D eigenvalue weighted by Crippen LogP contribution is -2.31. The van der Waals surface area contributed by atoms with Crippen LogP contribution in [0, 0.1) is 12.8 Å². The first-order valence-electron chi connectivity index (χ1n) is 8.28. The first-order valence-corrected chi connectivity index (χ1v) is 8.28. The van der Waals surface area contributed by atoms with E-state index in [0.717, 1.165) is 12.1 Å². The third-order valence-corrected chi connectivity index (χ3v) is 4.20. The summed E-state index contributed by atoms with van der Waals surface area (Å²) in [6.07, 6.45) is 6.11. The third kappa shape index (κ3) is 4.82. The maximum absolute atomic E-state index is 12.6. The van der Waals surface area contributed by atoms with Gasteiger partial charge in [-0.15, -0.1) is 0 Å². The molecule has 0 saturated heterocycles. The zero-order chi connectivity index (χ0) is 16.1. The SMILES string of the molecule is Cc1ccc(C=CC(=O)N(Cc2ccccc2)CC2CC2)cc1. The summed E-state index contributed by atoms with van der Waals surface area (Å²) in [4.78, 5) is 14.6. The van der Waals surface area contributed by atoms with Crippen molar-refractivity contribution in [1.29, 1.82) is 0 Å². The van der Waals surface area contributed by atoms with E-state index >= 15 is 0 Å². The minimum absolute atomic E-state index is 0.0985. The number of aryl methyl sites for hydroxylation is 1. The molecule has 0 atom stereocenters. The van der Waals surface area contributed by atoms with Gasteiger partial charge in [-0.3, -0.25) is 4.79 Å². The van der Waals surface area contributed by atoms with E-state index < -0.39 is 0 Å². The lowest BCUT2D eigenvalue weighted by molar-refractivity contribution is -0.126. The standard InChI is InChI=1S/C21H23NO/c1-17-7-9-18(10-8-17)13-14-21(23)22(16-20-11-12-20)15-19-5-3-2-4-6-19/h2-10,13-14,20H,11-12,15-16H2,1H3. The molecule has 0 bridgehead atoms. The van der Waals surface area contributed by atoms with Crippen molar-refractivity contribution >= 4 is 12.0 Å². The molecule has 0 heterocycles. The number of rotatable bonds is 6. The summed E-state index contributed by atoms with van der Waals surface area (Å²) in [5.41, 5.74) is 3.48. The molecule has 0 aromatic heterocycles. The molecule has 1 amide bonds. The molecule has 2 aromatic rings. The number of amides is 1. The molecule has 2 nitrogen and oxygen atoms in total. The Hall–Kier alpha value is -2.35. The van der Waals surface area contributed by atoms with Crippen molar-refractivity contribution in [1.82, 2.24) is 4.90 Å². The van der Waals surface area contributed by atoms with Crippen molar-refractivity contribution in [3.05, 3.63) is 77.4 Å². The average Bonchev–Trinajstić information content (AvgIpc) is 3.38. The minimum Gasteiger partial charge on any atom is -0.335 e. The second-order valence-corrected chi connectivity index (χ2v) is 6.39. The highest BCUT2D eigenvalue weighted by Gasteiger charge is 2.26. The van der Waals surface area contributed by atoms with Crippen molar-refractivity contribution < 1.29 is 4.79 Å². The highest BCUT2D eigenvalue weighted by Crippen LogP contribution is 2.30. The van der Waals surface area contributed by atoms with Gasteiger partial charge in [-0.25, -0.2) is 0 Å².